The van der Waals surface area contributed by atoms with Crippen LogP contribution in [0.4, 0.5) is 24.5 Å². The fourth-order valence-corrected chi connectivity index (χ4v) is 3.96. The van der Waals surface area contributed by atoms with E-state index in [9.17, 15) is 38.0 Å². The fraction of sp³-hybridized carbons (Fsp3) is 0.120. The lowest BCUT2D eigenvalue weighted by molar-refractivity contribution is -0.384. The third kappa shape index (κ3) is 4.76. The van der Waals surface area contributed by atoms with Gasteiger partial charge in [0.15, 0.2) is 0 Å². The summed E-state index contributed by atoms with van der Waals surface area (Å²) in [5, 5.41) is 22.0. The Balaban J connectivity index is 1.85. The maximum atomic E-state index is 13.1. The average Bonchev–Trinajstić information content (AvgIpc) is 3.09. The second-order valence-electron chi connectivity index (χ2n) is 7.93. The van der Waals surface area contributed by atoms with Crippen molar-refractivity contribution in [2.75, 3.05) is 4.90 Å². The van der Waals surface area contributed by atoms with Crippen LogP contribution in [0.5, 0.6) is 5.75 Å². The lowest BCUT2D eigenvalue weighted by atomic mass is 9.94. The molecule has 1 atom stereocenters. The number of hydrogen-bond acceptors (Lipinski definition) is 6. The van der Waals surface area contributed by atoms with Crippen molar-refractivity contribution in [1.82, 2.24) is 0 Å². The number of carbonyl (C=O) groups excluding carboxylic acids is 2. The molecule has 0 saturated carbocycles. The summed E-state index contributed by atoms with van der Waals surface area (Å²) < 4.78 is 41.5. The molecular weight excluding hydrogens is 481 g/mol. The first-order chi connectivity index (χ1) is 17.0. The van der Waals surface area contributed by atoms with Crippen LogP contribution in [0, 0.1) is 17.0 Å². The van der Waals surface area contributed by atoms with E-state index in [2.05, 4.69) is 4.74 Å². The number of ketones is 1. The number of alkyl halides is 3. The van der Waals surface area contributed by atoms with Gasteiger partial charge < -0.3 is 9.84 Å². The average molecular weight is 498 g/mol. The first-order valence-electron chi connectivity index (χ1n) is 10.4. The topological polar surface area (TPSA) is 110 Å². The summed E-state index contributed by atoms with van der Waals surface area (Å²) in [4.78, 5) is 37.6. The number of Topliss-reactive ketones (excluding diaryl/α,β-unsaturated/α-hetero) is 1. The van der Waals surface area contributed by atoms with Gasteiger partial charge >= 0.3 is 6.36 Å². The van der Waals surface area contributed by atoms with Gasteiger partial charge in [0.25, 0.3) is 17.4 Å². The van der Waals surface area contributed by atoms with Crippen molar-refractivity contribution in [1.29, 1.82) is 0 Å². The number of anilines is 1. The number of nitrogens with zero attached hydrogens (tertiary/aromatic N) is 2. The Bertz CT molecular complexity index is 1380. The van der Waals surface area contributed by atoms with Gasteiger partial charge in [-0.1, -0.05) is 29.8 Å². The van der Waals surface area contributed by atoms with Gasteiger partial charge in [-0.2, -0.15) is 0 Å². The van der Waals surface area contributed by atoms with Crippen LogP contribution in [0.1, 0.15) is 22.7 Å². The van der Waals surface area contributed by atoms with E-state index in [4.69, 9.17) is 0 Å². The van der Waals surface area contributed by atoms with Crippen molar-refractivity contribution in [3.8, 4) is 5.75 Å². The Morgan fingerprint density at radius 1 is 1.03 bits per heavy atom. The zero-order chi connectivity index (χ0) is 26.2. The minimum Gasteiger partial charge on any atom is -0.507 e. The zero-order valence-electron chi connectivity index (χ0n) is 18.5. The second-order valence-corrected chi connectivity index (χ2v) is 7.93. The number of benzene rings is 3. The van der Waals surface area contributed by atoms with Gasteiger partial charge in [-0.15, -0.1) is 13.2 Å². The molecule has 0 aliphatic carbocycles. The molecule has 4 rings (SSSR count). The molecule has 1 saturated heterocycles. The number of carbonyl (C=O) groups is 2. The summed E-state index contributed by atoms with van der Waals surface area (Å²) in [6, 6.07) is 14.9. The smallest absolute Gasteiger partial charge is 0.507 e. The predicted octanol–water partition coefficient (Wildman–Crippen LogP) is 5.43. The van der Waals surface area contributed by atoms with Gasteiger partial charge in [-0.25, -0.2) is 0 Å². The van der Waals surface area contributed by atoms with Gasteiger partial charge in [0.1, 0.15) is 11.5 Å². The highest BCUT2D eigenvalue weighted by atomic mass is 19.4. The van der Waals surface area contributed by atoms with Gasteiger partial charge in [0.2, 0.25) is 0 Å². The molecule has 8 nitrogen and oxygen atoms in total. The highest BCUT2D eigenvalue weighted by Gasteiger charge is 2.47. The second kappa shape index (κ2) is 9.17. The summed E-state index contributed by atoms with van der Waals surface area (Å²) in [6.07, 6.45) is -4.91. The van der Waals surface area contributed by atoms with E-state index in [1.807, 2.05) is 0 Å². The lowest BCUT2D eigenvalue weighted by Crippen LogP contribution is -2.29. The van der Waals surface area contributed by atoms with Gasteiger partial charge in [-0.05, 0) is 48.9 Å². The molecule has 36 heavy (non-hydrogen) atoms. The molecular formula is C25H17F3N2O6. The summed E-state index contributed by atoms with van der Waals surface area (Å²) in [5.41, 5.74) is 0.931. The largest absolute Gasteiger partial charge is 0.573 e. The molecule has 3 aromatic rings. The summed E-state index contributed by atoms with van der Waals surface area (Å²) in [6.45, 7) is 1.79. The molecule has 1 aliphatic rings. The quantitative estimate of drug-likeness (QED) is 0.165. The number of aryl methyl sites for hydroxylation is 1. The van der Waals surface area contributed by atoms with Gasteiger partial charge in [0.05, 0.1) is 16.5 Å². The van der Waals surface area contributed by atoms with Crippen LogP contribution >= 0.6 is 0 Å². The van der Waals surface area contributed by atoms with E-state index >= 15 is 0 Å². The van der Waals surface area contributed by atoms with E-state index < -0.39 is 40.5 Å². The molecule has 0 radical (unpaired) electrons. The molecule has 1 N–H and O–H groups in total. The van der Waals surface area contributed by atoms with E-state index in [0.717, 1.165) is 34.7 Å². The first kappa shape index (κ1) is 24.5. The van der Waals surface area contributed by atoms with Crippen molar-refractivity contribution < 1.29 is 37.5 Å². The number of hydrogen-bond donors (Lipinski definition) is 1. The summed E-state index contributed by atoms with van der Waals surface area (Å²) in [7, 11) is 0. The van der Waals surface area contributed by atoms with Crippen LogP contribution in [0.3, 0.4) is 0 Å². The number of aliphatic hydroxyl groups excluding tert-OH is 1. The van der Waals surface area contributed by atoms with E-state index in [1.54, 1.807) is 31.2 Å². The highest BCUT2D eigenvalue weighted by molar-refractivity contribution is 6.51. The van der Waals surface area contributed by atoms with Crippen molar-refractivity contribution in [2.45, 2.75) is 19.3 Å². The monoisotopic (exact) mass is 498 g/mol. The van der Waals surface area contributed by atoms with Crippen LogP contribution in [-0.4, -0.2) is 28.1 Å². The van der Waals surface area contributed by atoms with Crippen LogP contribution < -0.4 is 9.64 Å². The number of halogens is 3. The molecule has 0 aromatic heterocycles. The molecule has 0 bridgehead atoms. The highest BCUT2D eigenvalue weighted by Crippen LogP contribution is 2.43. The molecule has 1 unspecified atom stereocenters. The van der Waals surface area contributed by atoms with Gasteiger partial charge in [0, 0.05) is 23.4 Å². The lowest BCUT2D eigenvalue weighted by Gasteiger charge is -2.26. The Kier molecular flexibility index (Phi) is 6.23. The van der Waals surface area contributed by atoms with Crippen molar-refractivity contribution in [3.05, 3.63) is 105 Å². The SMILES string of the molecule is Cc1cccc(C2/C(=C(/O)c3ccc([N+](=O)[O-])cc3)C(=O)C(=O)N2c2ccc(OC(F)(F)F)cc2)c1. The Morgan fingerprint density at radius 3 is 2.22 bits per heavy atom. The number of aliphatic hydroxyl groups is 1. The number of amides is 1. The molecule has 1 heterocycles. The molecule has 11 heteroatoms. The van der Waals surface area contributed by atoms with Crippen molar-refractivity contribution >= 4 is 28.8 Å². The third-order valence-electron chi connectivity index (χ3n) is 5.50. The standard InChI is InChI=1S/C25H17F3N2O6/c1-14-3-2-4-16(13-14)21-20(22(31)15-5-7-18(8-6-15)30(34)35)23(32)24(33)29(21)17-9-11-19(12-10-17)36-25(26,27)28/h2-13,21,31H,1H3/b22-20-. The Morgan fingerprint density at radius 2 is 1.67 bits per heavy atom. The molecule has 184 valence electrons. The number of ether oxygens (including phenoxy) is 1. The van der Waals surface area contributed by atoms with Crippen LogP contribution in [0.15, 0.2) is 78.4 Å². The number of nitro groups is 1. The molecule has 0 spiro atoms. The van der Waals surface area contributed by atoms with E-state index in [-0.39, 0.29) is 22.5 Å². The molecule has 1 aliphatic heterocycles. The maximum absolute atomic E-state index is 13.1. The van der Waals surface area contributed by atoms with E-state index in [1.165, 1.54) is 24.3 Å². The minimum absolute atomic E-state index is 0.0742. The maximum Gasteiger partial charge on any atom is 0.573 e. The molecule has 1 fully saturated rings. The Labute approximate surface area is 202 Å². The number of non-ortho nitro benzene ring substituents is 1. The summed E-state index contributed by atoms with van der Waals surface area (Å²) in [5.74, 6) is -3.09. The van der Waals surface area contributed by atoms with Crippen molar-refractivity contribution in [3.63, 3.8) is 0 Å². The van der Waals surface area contributed by atoms with Crippen LogP contribution in [-0.2, 0) is 9.59 Å². The fourth-order valence-electron chi connectivity index (χ4n) is 3.96. The minimum atomic E-state index is -4.91. The van der Waals surface area contributed by atoms with E-state index in [0.29, 0.717) is 5.56 Å². The number of nitro benzene ring substituents is 1. The Hall–Kier alpha value is -4.67. The first-order valence-corrected chi connectivity index (χ1v) is 10.4. The van der Waals surface area contributed by atoms with Crippen LogP contribution in [0.2, 0.25) is 0 Å². The normalized spacial score (nSPS) is 17.3. The van der Waals surface area contributed by atoms with Crippen LogP contribution in [0.25, 0.3) is 5.76 Å². The predicted molar refractivity (Wildman–Crippen MR) is 122 cm³/mol. The summed E-state index contributed by atoms with van der Waals surface area (Å²) >= 11 is 0. The zero-order valence-corrected chi connectivity index (χ0v) is 18.5. The van der Waals surface area contributed by atoms with Gasteiger partial charge in [-0.3, -0.25) is 24.6 Å². The van der Waals surface area contributed by atoms with Crippen molar-refractivity contribution in [2.24, 2.45) is 0 Å². The third-order valence-corrected chi connectivity index (χ3v) is 5.50. The molecule has 1 amide bonds. The number of rotatable bonds is 5. The molecule has 3 aromatic carbocycles.